The van der Waals surface area contributed by atoms with Crippen LogP contribution in [-0.4, -0.2) is 98.8 Å². The quantitative estimate of drug-likeness (QED) is 0.307. The standard InChI is InChI=1S/C35H41F3N6O5/c1-34(2,32(46)41-13-15-42(16-14-41)33(47)48)49-28-7-3-6-27(18-28)43-12-4-5-24(22-43)31(45)44(26-9-10-26)21-23-8-11-29(25-19-39-40-20-25)30(17-23)35(36,37)38/h3,6-8,11,17-20,24,26H,4-5,9-10,12-16,21-22H2,1-2H3,(H,39,40)(H,47,48). The number of anilines is 1. The number of rotatable bonds is 9. The molecule has 262 valence electrons. The summed E-state index contributed by atoms with van der Waals surface area (Å²) in [7, 11) is 0. The van der Waals surface area contributed by atoms with Gasteiger partial charge in [-0.15, -0.1) is 0 Å². The topological polar surface area (TPSA) is 122 Å². The van der Waals surface area contributed by atoms with E-state index in [9.17, 15) is 32.7 Å². The highest BCUT2D eigenvalue weighted by Gasteiger charge is 2.40. The molecule has 3 heterocycles. The number of ether oxygens (including phenoxy) is 1. The number of benzene rings is 2. The monoisotopic (exact) mass is 682 g/mol. The lowest BCUT2D eigenvalue weighted by molar-refractivity contribution is -0.147. The van der Waals surface area contributed by atoms with Crippen molar-refractivity contribution in [2.24, 2.45) is 5.92 Å². The highest BCUT2D eigenvalue weighted by atomic mass is 19.4. The molecular formula is C35H41F3N6O5. The second kappa shape index (κ2) is 13.6. The zero-order valence-electron chi connectivity index (χ0n) is 27.6. The summed E-state index contributed by atoms with van der Waals surface area (Å²) >= 11 is 0. The maximum absolute atomic E-state index is 14.1. The van der Waals surface area contributed by atoms with E-state index in [0.29, 0.717) is 42.9 Å². The summed E-state index contributed by atoms with van der Waals surface area (Å²) in [6, 6.07) is 11.6. The van der Waals surface area contributed by atoms with Gasteiger partial charge in [-0.05, 0) is 68.9 Å². The van der Waals surface area contributed by atoms with Gasteiger partial charge in [-0.1, -0.05) is 18.2 Å². The number of H-pyrrole nitrogens is 1. The maximum atomic E-state index is 14.1. The van der Waals surface area contributed by atoms with E-state index in [2.05, 4.69) is 15.1 Å². The number of piperidine rings is 1. The number of halogens is 3. The lowest BCUT2D eigenvalue weighted by Gasteiger charge is -2.38. The van der Waals surface area contributed by atoms with E-state index in [4.69, 9.17) is 4.74 Å². The van der Waals surface area contributed by atoms with E-state index in [1.54, 1.807) is 35.8 Å². The molecule has 3 aromatic rings. The van der Waals surface area contributed by atoms with Crippen molar-refractivity contribution in [3.05, 3.63) is 66.0 Å². The van der Waals surface area contributed by atoms with E-state index in [-0.39, 0.29) is 49.0 Å². The number of hydrogen-bond donors (Lipinski definition) is 2. The third kappa shape index (κ3) is 7.78. The van der Waals surface area contributed by atoms with Crippen LogP contribution in [0.3, 0.4) is 0 Å². The molecule has 0 bridgehead atoms. The van der Waals surface area contributed by atoms with Gasteiger partial charge in [0.2, 0.25) is 5.91 Å². The molecule has 11 nitrogen and oxygen atoms in total. The molecule has 0 radical (unpaired) electrons. The number of nitrogens with zero attached hydrogens (tertiary/aromatic N) is 5. The van der Waals surface area contributed by atoms with Crippen molar-refractivity contribution in [1.82, 2.24) is 24.9 Å². The Morgan fingerprint density at radius 1 is 1.00 bits per heavy atom. The van der Waals surface area contributed by atoms with Crippen molar-refractivity contribution in [2.75, 3.05) is 44.2 Å². The molecule has 2 saturated heterocycles. The van der Waals surface area contributed by atoms with Crippen molar-refractivity contribution in [2.45, 2.75) is 63.9 Å². The van der Waals surface area contributed by atoms with E-state index in [1.165, 1.54) is 23.4 Å². The summed E-state index contributed by atoms with van der Waals surface area (Å²) in [6.07, 6.45) is 0.304. The average molecular weight is 683 g/mol. The number of carbonyl (C=O) groups excluding carboxylic acids is 2. The lowest BCUT2D eigenvalue weighted by Crippen LogP contribution is -2.56. The minimum atomic E-state index is -4.57. The Balaban J connectivity index is 1.12. The zero-order valence-corrected chi connectivity index (χ0v) is 27.6. The van der Waals surface area contributed by atoms with Gasteiger partial charge in [0, 0.05) is 75.4 Å². The van der Waals surface area contributed by atoms with Gasteiger partial charge in [-0.3, -0.25) is 14.7 Å². The van der Waals surface area contributed by atoms with Gasteiger partial charge in [-0.25, -0.2) is 4.79 Å². The molecule has 3 aliphatic rings. The molecule has 0 spiro atoms. The molecule has 49 heavy (non-hydrogen) atoms. The third-order valence-electron chi connectivity index (χ3n) is 9.50. The Kier molecular flexibility index (Phi) is 9.50. The van der Waals surface area contributed by atoms with Crippen molar-refractivity contribution in [3.8, 4) is 16.9 Å². The van der Waals surface area contributed by atoms with E-state index < -0.39 is 23.4 Å². The smallest absolute Gasteiger partial charge is 0.417 e. The first-order valence-electron chi connectivity index (χ1n) is 16.6. The first kappa shape index (κ1) is 34.1. The van der Waals surface area contributed by atoms with Crippen LogP contribution in [0, 0.1) is 5.92 Å². The molecule has 2 aromatic carbocycles. The highest BCUT2D eigenvalue weighted by Crippen LogP contribution is 2.39. The van der Waals surface area contributed by atoms with Crippen LogP contribution >= 0.6 is 0 Å². The molecule has 1 aliphatic carbocycles. The summed E-state index contributed by atoms with van der Waals surface area (Å²) < 4.78 is 48.5. The number of amides is 3. The minimum absolute atomic E-state index is 0.00867. The van der Waals surface area contributed by atoms with Crippen molar-refractivity contribution < 1.29 is 37.4 Å². The predicted octanol–water partition coefficient (Wildman–Crippen LogP) is 5.48. The number of alkyl halides is 3. The van der Waals surface area contributed by atoms with Crippen molar-refractivity contribution in [3.63, 3.8) is 0 Å². The van der Waals surface area contributed by atoms with Crippen LogP contribution in [0.4, 0.5) is 23.7 Å². The van der Waals surface area contributed by atoms with Crippen LogP contribution in [0.2, 0.25) is 0 Å². The number of carboxylic acid groups (broad SMARTS) is 1. The van der Waals surface area contributed by atoms with Crippen molar-refractivity contribution in [1.29, 1.82) is 0 Å². The van der Waals surface area contributed by atoms with Crippen molar-refractivity contribution >= 4 is 23.6 Å². The van der Waals surface area contributed by atoms with Crippen LogP contribution in [0.25, 0.3) is 11.1 Å². The Bertz CT molecular complexity index is 1670. The first-order chi connectivity index (χ1) is 23.3. The van der Waals surface area contributed by atoms with Gasteiger partial charge in [0.1, 0.15) is 5.75 Å². The molecule has 14 heteroatoms. The zero-order chi connectivity index (χ0) is 34.9. The predicted molar refractivity (Wildman–Crippen MR) is 175 cm³/mol. The van der Waals surface area contributed by atoms with Crippen LogP contribution in [0.15, 0.2) is 54.9 Å². The van der Waals surface area contributed by atoms with E-state index >= 15 is 0 Å². The summed E-state index contributed by atoms with van der Waals surface area (Å²) in [5, 5.41) is 15.6. The van der Waals surface area contributed by atoms with Gasteiger partial charge in [0.05, 0.1) is 17.7 Å². The largest absolute Gasteiger partial charge is 0.478 e. The number of aromatic amines is 1. The Morgan fingerprint density at radius 3 is 2.39 bits per heavy atom. The fourth-order valence-electron chi connectivity index (χ4n) is 6.76. The Labute approximate surface area is 282 Å². The molecule has 2 N–H and O–H groups in total. The van der Waals surface area contributed by atoms with Crippen LogP contribution in [0.5, 0.6) is 5.75 Å². The molecule has 1 unspecified atom stereocenters. The number of aromatic nitrogens is 2. The Morgan fingerprint density at radius 2 is 1.73 bits per heavy atom. The minimum Gasteiger partial charge on any atom is -0.478 e. The summed E-state index contributed by atoms with van der Waals surface area (Å²) in [4.78, 5) is 45.3. The Hall–Kier alpha value is -4.75. The van der Waals surface area contributed by atoms with Gasteiger partial charge in [0.25, 0.3) is 5.91 Å². The second-order valence-electron chi connectivity index (χ2n) is 13.5. The van der Waals surface area contributed by atoms with E-state index in [0.717, 1.165) is 37.6 Å². The number of piperazine rings is 1. The highest BCUT2D eigenvalue weighted by molar-refractivity contribution is 5.85. The first-order valence-corrected chi connectivity index (χ1v) is 16.6. The molecule has 1 atom stereocenters. The summed E-state index contributed by atoms with van der Waals surface area (Å²) in [6.45, 7) is 5.73. The third-order valence-corrected chi connectivity index (χ3v) is 9.50. The molecule has 1 aromatic heterocycles. The fourth-order valence-corrected chi connectivity index (χ4v) is 6.76. The normalized spacial score (nSPS) is 18.7. The van der Waals surface area contributed by atoms with Gasteiger partial charge >= 0.3 is 12.3 Å². The number of carbonyl (C=O) groups is 3. The molecule has 1 saturated carbocycles. The molecule has 2 aliphatic heterocycles. The van der Waals surface area contributed by atoms with Crippen LogP contribution in [0.1, 0.15) is 50.7 Å². The maximum Gasteiger partial charge on any atom is 0.417 e. The molecular weight excluding hydrogens is 641 g/mol. The number of nitrogens with one attached hydrogen (secondary N) is 1. The van der Waals surface area contributed by atoms with Crippen LogP contribution in [-0.2, 0) is 22.3 Å². The average Bonchev–Trinajstić information content (AvgIpc) is 3.78. The molecule has 6 rings (SSSR count). The summed E-state index contributed by atoms with van der Waals surface area (Å²) in [5.74, 6) is -0.117. The van der Waals surface area contributed by atoms with Gasteiger partial charge in [0.15, 0.2) is 5.60 Å². The van der Waals surface area contributed by atoms with Gasteiger partial charge < -0.3 is 29.4 Å². The fraction of sp³-hybridized carbons (Fsp3) is 0.486. The molecule has 3 amide bonds. The van der Waals surface area contributed by atoms with Crippen LogP contribution < -0.4 is 9.64 Å². The number of hydrogen-bond acceptors (Lipinski definition) is 6. The molecule has 3 fully saturated rings. The lowest BCUT2D eigenvalue weighted by atomic mass is 9.95. The SMILES string of the molecule is CC(C)(Oc1cccc(N2CCCC(C(=O)N(Cc3ccc(-c4cn[nH]c4)c(C(F)(F)F)c3)C3CC3)C2)c1)C(=O)N1CCN(C(=O)O)CC1. The summed E-state index contributed by atoms with van der Waals surface area (Å²) in [5.41, 5.74) is -0.301. The second-order valence-corrected chi connectivity index (χ2v) is 13.5. The van der Waals surface area contributed by atoms with Gasteiger partial charge in [-0.2, -0.15) is 18.3 Å². The van der Waals surface area contributed by atoms with E-state index in [1.807, 2.05) is 18.2 Å².